The fourth-order valence-corrected chi connectivity index (χ4v) is 2.84. The van der Waals surface area contributed by atoms with Gasteiger partial charge in [-0.05, 0) is 23.8 Å². The van der Waals surface area contributed by atoms with Crippen molar-refractivity contribution in [2.24, 2.45) is 0 Å². The summed E-state index contributed by atoms with van der Waals surface area (Å²) in [7, 11) is 0. The largest absolute Gasteiger partial charge is 0.360 e. The quantitative estimate of drug-likeness (QED) is 0.712. The number of hydrogen-bond acceptors (Lipinski definition) is 6. The van der Waals surface area contributed by atoms with Crippen LogP contribution in [0.3, 0.4) is 0 Å². The Hall–Kier alpha value is -3.47. The summed E-state index contributed by atoms with van der Waals surface area (Å²) < 4.78 is 2.26. The van der Waals surface area contributed by atoms with Gasteiger partial charge in [0.1, 0.15) is 17.5 Å². The number of anilines is 1. The first-order chi connectivity index (χ1) is 11.8. The van der Waals surface area contributed by atoms with Gasteiger partial charge >= 0.3 is 0 Å². The third kappa shape index (κ3) is 2.52. The molecule has 0 amide bonds. The maximum Gasteiger partial charge on any atom is 0.216 e. The molecule has 1 aliphatic rings. The monoisotopic (exact) mass is 318 g/mol. The molecule has 3 heterocycles. The molecule has 2 aromatic heterocycles. The van der Waals surface area contributed by atoms with Crippen LogP contribution in [0.1, 0.15) is 18.1 Å². The van der Waals surface area contributed by atoms with Crippen LogP contribution in [0.5, 0.6) is 0 Å². The van der Waals surface area contributed by atoms with Crippen molar-refractivity contribution in [2.45, 2.75) is 19.4 Å². The van der Waals surface area contributed by atoms with E-state index in [4.69, 9.17) is 0 Å². The van der Waals surface area contributed by atoms with E-state index in [1.807, 2.05) is 24.4 Å². The second kappa shape index (κ2) is 5.96. The molecule has 0 radical (unpaired) electrons. The summed E-state index contributed by atoms with van der Waals surface area (Å²) in [5, 5.41) is 25.7. The van der Waals surface area contributed by atoms with Gasteiger partial charge in [-0.2, -0.15) is 10.5 Å². The van der Waals surface area contributed by atoms with E-state index < -0.39 is 0 Å². The summed E-state index contributed by atoms with van der Waals surface area (Å²) >= 11 is 0. The molecule has 1 aliphatic heterocycles. The minimum Gasteiger partial charge on any atom is -0.360 e. The Balaban J connectivity index is 1.60. The molecule has 0 saturated carbocycles. The van der Waals surface area contributed by atoms with Gasteiger partial charge in [-0.3, -0.25) is 0 Å². The van der Waals surface area contributed by atoms with Gasteiger partial charge in [-0.25, -0.2) is 4.98 Å². The lowest BCUT2D eigenvalue weighted by Gasteiger charge is -2.07. The Bertz CT molecular complexity index is 929. The van der Waals surface area contributed by atoms with Gasteiger partial charge in [-0.1, -0.05) is 12.1 Å². The lowest BCUT2D eigenvalue weighted by molar-refractivity contribution is 0.756. The molecule has 0 unspecified atom stereocenters. The second-order valence-electron chi connectivity index (χ2n) is 5.45. The Morgan fingerprint density at radius 2 is 2.38 bits per heavy atom. The Morgan fingerprint density at radius 1 is 1.42 bits per heavy atom. The van der Waals surface area contributed by atoms with Gasteiger partial charge in [0, 0.05) is 30.4 Å². The molecule has 8 nitrogen and oxygen atoms in total. The molecule has 0 saturated heterocycles. The van der Waals surface area contributed by atoms with Crippen LogP contribution in [0.25, 0.3) is 16.8 Å². The number of rotatable bonds is 4. The van der Waals surface area contributed by atoms with Crippen LogP contribution in [-0.4, -0.2) is 30.2 Å². The summed E-state index contributed by atoms with van der Waals surface area (Å²) in [5.74, 6) is 1.40. The number of aromatic nitrogens is 6. The van der Waals surface area contributed by atoms with E-state index in [2.05, 4.69) is 47.6 Å². The number of fused-ring (bicyclic) bond motifs is 1. The van der Waals surface area contributed by atoms with Crippen molar-refractivity contribution in [3.8, 4) is 17.3 Å². The zero-order valence-electron chi connectivity index (χ0n) is 12.8. The van der Waals surface area contributed by atoms with Crippen molar-refractivity contribution in [1.82, 2.24) is 30.2 Å². The van der Waals surface area contributed by atoms with Gasteiger partial charge in [0.15, 0.2) is 0 Å². The molecule has 8 heteroatoms. The average Bonchev–Trinajstić information content (AvgIpc) is 3.33. The number of hydrogen-bond donors (Lipinski definition) is 2. The summed E-state index contributed by atoms with van der Waals surface area (Å²) in [4.78, 5) is 4.48. The van der Waals surface area contributed by atoms with E-state index in [9.17, 15) is 5.26 Å². The highest BCUT2D eigenvalue weighted by Gasteiger charge is 2.16. The second-order valence-corrected chi connectivity index (χ2v) is 5.45. The maximum atomic E-state index is 9.19. The van der Waals surface area contributed by atoms with E-state index in [-0.39, 0.29) is 5.82 Å². The Labute approximate surface area is 137 Å². The van der Waals surface area contributed by atoms with Gasteiger partial charge < -0.3 is 9.88 Å². The standard InChI is InChI=1S/C16H14N8/c17-8-12(16-20-22-23-21-16)9-18-13-4-1-3-11(7-13)14-10-19-15-5-2-6-24(14)15/h1,3-4,7,9-10,18H,2,5-6H2,(H,20,21,22,23). The average molecular weight is 318 g/mol. The van der Waals surface area contributed by atoms with Crippen molar-refractivity contribution in [2.75, 3.05) is 5.32 Å². The molecule has 0 bridgehead atoms. The van der Waals surface area contributed by atoms with E-state index >= 15 is 0 Å². The molecular formula is C16H14N8. The topological polar surface area (TPSA) is 108 Å². The van der Waals surface area contributed by atoms with Crippen molar-refractivity contribution in [3.05, 3.63) is 48.3 Å². The fourth-order valence-electron chi connectivity index (χ4n) is 2.84. The molecule has 3 aromatic rings. The zero-order valence-corrected chi connectivity index (χ0v) is 12.8. The number of tetrazole rings is 1. The molecule has 24 heavy (non-hydrogen) atoms. The van der Waals surface area contributed by atoms with Crippen LogP contribution < -0.4 is 5.32 Å². The number of aryl methyl sites for hydroxylation is 1. The maximum absolute atomic E-state index is 9.19. The molecule has 0 aliphatic carbocycles. The van der Waals surface area contributed by atoms with Gasteiger partial charge in [-0.15, -0.1) is 10.2 Å². The predicted octanol–water partition coefficient (Wildman–Crippen LogP) is 1.99. The third-order valence-corrected chi connectivity index (χ3v) is 3.97. The Kier molecular flexibility index (Phi) is 3.51. The van der Waals surface area contributed by atoms with E-state index in [0.29, 0.717) is 5.57 Å². The summed E-state index contributed by atoms with van der Waals surface area (Å²) in [5.41, 5.74) is 3.39. The number of nitrogens with zero attached hydrogens (tertiary/aromatic N) is 6. The van der Waals surface area contributed by atoms with E-state index in [1.165, 1.54) is 0 Å². The molecule has 0 fully saturated rings. The highest BCUT2D eigenvalue weighted by molar-refractivity contribution is 5.75. The van der Waals surface area contributed by atoms with Gasteiger partial charge in [0.05, 0.1) is 11.9 Å². The number of aromatic amines is 1. The molecule has 0 spiro atoms. The van der Waals surface area contributed by atoms with Gasteiger partial charge in [0.2, 0.25) is 5.82 Å². The minimum atomic E-state index is 0.259. The highest BCUT2D eigenvalue weighted by Crippen LogP contribution is 2.27. The molecule has 0 atom stereocenters. The molecule has 1 aromatic carbocycles. The van der Waals surface area contributed by atoms with Crippen LogP contribution in [0.2, 0.25) is 0 Å². The Morgan fingerprint density at radius 3 is 3.21 bits per heavy atom. The number of nitriles is 1. The first-order valence-electron chi connectivity index (χ1n) is 7.60. The summed E-state index contributed by atoms with van der Waals surface area (Å²) in [6.07, 6.45) is 5.68. The minimum absolute atomic E-state index is 0.259. The fraction of sp³-hybridized carbons (Fsp3) is 0.188. The summed E-state index contributed by atoms with van der Waals surface area (Å²) in [6.45, 7) is 1.01. The van der Waals surface area contributed by atoms with Crippen molar-refractivity contribution in [3.63, 3.8) is 0 Å². The molecule has 2 N–H and O–H groups in total. The lowest BCUT2D eigenvalue weighted by atomic mass is 10.1. The van der Waals surface area contributed by atoms with Crippen LogP contribution in [-0.2, 0) is 13.0 Å². The van der Waals surface area contributed by atoms with Crippen LogP contribution in [0.4, 0.5) is 5.69 Å². The third-order valence-electron chi connectivity index (χ3n) is 3.97. The first kappa shape index (κ1) is 14.1. The van der Waals surface area contributed by atoms with Crippen LogP contribution >= 0.6 is 0 Å². The summed E-state index contributed by atoms with van der Waals surface area (Å²) in [6, 6.07) is 10.0. The van der Waals surface area contributed by atoms with E-state index in [1.54, 1.807) is 6.20 Å². The normalized spacial score (nSPS) is 13.5. The molecular weight excluding hydrogens is 304 g/mol. The van der Waals surface area contributed by atoms with E-state index in [0.717, 1.165) is 42.2 Å². The molecule has 118 valence electrons. The highest BCUT2D eigenvalue weighted by atomic mass is 15.5. The van der Waals surface area contributed by atoms with Crippen LogP contribution in [0, 0.1) is 11.3 Å². The predicted molar refractivity (Wildman–Crippen MR) is 87.4 cm³/mol. The smallest absolute Gasteiger partial charge is 0.216 e. The van der Waals surface area contributed by atoms with Crippen LogP contribution in [0.15, 0.2) is 36.7 Å². The molecule has 4 rings (SSSR count). The first-order valence-corrected chi connectivity index (χ1v) is 7.60. The van der Waals surface area contributed by atoms with Crippen molar-refractivity contribution >= 4 is 11.3 Å². The number of allylic oxidation sites excluding steroid dienone is 1. The van der Waals surface area contributed by atoms with Crippen molar-refractivity contribution in [1.29, 1.82) is 5.26 Å². The zero-order chi connectivity index (χ0) is 16.4. The van der Waals surface area contributed by atoms with Gasteiger partial charge in [0.25, 0.3) is 0 Å². The lowest BCUT2D eigenvalue weighted by Crippen LogP contribution is -1.96. The SMILES string of the molecule is N#CC(=CNc1cccc(-c2cnc3n2CCC3)c1)c1nn[nH]n1. The van der Waals surface area contributed by atoms with Crippen molar-refractivity contribution < 1.29 is 0 Å². The number of nitrogens with one attached hydrogen (secondary N) is 2. The number of imidazole rings is 1. The number of H-pyrrole nitrogens is 1. The number of benzene rings is 1.